The Bertz CT molecular complexity index is 884. The van der Waals surface area contributed by atoms with Crippen molar-refractivity contribution in [1.29, 1.82) is 0 Å². The third kappa shape index (κ3) is 4.91. The van der Waals surface area contributed by atoms with E-state index in [9.17, 15) is 17.6 Å². The molecule has 2 aromatic carbocycles. The van der Waals surface area contributed by atoms with Gasteiger partial charge < -0.3 is 9.64 Å². The second-order valence-electron chi connectivity index (χ2n) is 6.23. The molecular weight excluding hydrogens is 371 g/mol. The molecule has 144 valence electrons. The van der Waals surface area contributed by atoms with E-state index in [1.54, 1.807) is 4.90 Å². The van der Waals surface area contributed by atoms with Crippen LogP contribution in [0, 0.1) is 5.82 Å². The quantitative estimate of drug-likeness (QED) is 0.810. The number of morpholine rings is 1. The van der Waals surface area contributed by atoms with Gasteiger partial charge in [-0.15, -0.1) is 0 Å². The minimum Gasteiger partial charge on any atom is -0.378 e. The number of hydrogen-bond donors (Lipinski definition) is 1. The number of benzene rings is 2. The molecule has 2 aromatic rings. The van der Waals surface area contributed by atoms with Crippen molar-refractivity contribution in [3.8, 4) is 0 Å². The van der Waals surface area contributed by atoms with Crippen LogP contribution in [0.3, 0.4) is 0 Å². The van der Waals surface area contributed by atoms with Gasteiger partial charge in [-0.25, -0.2) is 12.8 Å². The summed E-state index contributed by atoms with van der Waals surface area (Å²) in [6.45, 7) is 1.60. The highest BCUT2D eigenvalue weighted by Gasteiger charge is 2.31. The summed E-state index contributed by atoms with van der Waals surface area (Å²) >= 11 is 0. The molecule has 1 heterocycles. The van der Waals surface area contributed by atoms with Gasteiger partial charge in [0.25, 0.3) is 0 Å². The Morgan fingerprint density at radius 3 is 2.37 bits per heavy atom. The minimum absolute atomic E-state index is 0.171. The summed E-state index contributed by atoms with van der Waals surface area (Å²) in [5, 5.41) is 0. The first-order valence-electron chi connectivity index (χ1n) is 8.65. The van der Waals surface area contributed by atoms with Gasteiger partial charge in [0.15, 0.2) is 0 Å². The Kier molecular flexibility index (Phi) is 6.20. The molecule has 0 saturated carbocycles. The highest BCUT2D eigenvalue weighted by molar-refractivity contribution is 7.89. The van der Waals surface area contributed by atoms with Crippen LogP contribution in [-0.2, 0) is 26.0 Å². The van der Waals surface area contributed by atoms with E-state index >= 15 is 0 Å². The lowest BCUT2D eigenvalue weighted by Crippen LogP contribution is -2.52. The molecule has 1 amide bonds. The van der Waals surface area contributed by atoms with Gasteiger partial charge in [-0.05, 0) is 24.1 Å². The van der Waals surface area contributed by atoms with Crippen LogP contribution in [0.4, 0.5) is 4.39 Å². The molecule has 1 saturated heterocycles. The lowest BCUT2D eigenvalue weighted by Gasteiger charge is -2.30. The van der Waals surface area contributed by atoms with E-state index in [-0.39, 0.29) is 12.3 Å². The predicted octanol–water partition coefficient (Wildman–Crippen LogP) is 1.57. The van der Waals surface area contributed by atoms with Gasteiger partial charge in [-0.3, -0.25) is 4.79 Å². The zero-order valence-corrected chi connectivity index (χ0v) is 15.5. The number of hydrogen-bond acceptors (Lipinski definition) is 4. The monoisotopic (exact) mass is 392 g/mol. The standard InChI is InChI=1S/C19H21FN2O4S/c20-16-8-4-5-9-18(16)27(24,25)21-17(14-15-6-2-1-3-7-15)19(23)22-10-12-26-13-11-22/h1-9,17,21H,10-14H2/t17-/m1/s1. The SMILES string of the molecule is O=C([C@@H](Cc1ccccc1)NS(=O)(=O)c1ccccc1F)N1CCOCC1. The fourth-order valence-electron chi connectivity index (χ4n) is 2.95. The summed E-state index contributed by atoms with van der Waals surface area (Å²) in [7, 11) is -4.20. The van der Waals surface area contributed by atoms with Gasteiger partial charge in [-0.1, -0.05) is 42.5 Å². The molecule has 0 spiro atoms. The molecule has 27 heavy (non-hydrogen) atoms. The maximum Gasteiger partial charge on any atom is 0.244 e. The van der Waals surface area contributed by atoms with Crippen molar-refractivity contribution in [2.45, 2.75) is 17.4 Å². The van der Waals surface area contributed by atoms with Crippen LogP contribution in [0.25, 0.3) is 0 Å². The number of halogens is 1. The van der Waals surface area contributed by atoms with Crippen LogP contribution in [0.15, 0.2) is 59.5 Å². The zero-order valence-electron chi connectivity index (χ0n) is 14.7. The van der Waals surface area contributed by atoms with Crippen molar-refractivity contribution in [3.63, 3.8) is 0 Å². The average molecular weight is 392 g/mol. The highest BCUT2D eigenvalue weighted by atomic mass is 32.2. The van der Waals surface area contributed by atoms with Gasteiger partial charge >= 0.3 is 0 Å². The minimum atomic E-state index is -4.20. The molecule has 6 nitrogen and oxygen atoms in total. The van der Waals surface area contributed by atoms with E-state index in [1.807, 2.05) is 30.3 Å². The first kappa shape index (κ1) is 19.5. The second-order valence-corrected chi connectivity index (χ2v) is 7.91. The largest absolute Gasteiger partial charge is 0.378 e. The average Bonchev–Trinajstić information content (AvgIpc) is 2.68. The number of carbonyl (C=O) groups is 1. The fraction of sp³-hybridized carbons (Fsp3) is 0.316. The third-order valence-corrected chi connectivity index (χ3v) is 5.83. The van der Waals surface area contributed by atoms with Crippen molar-refractivity contribution >= 4 is 15.9 Å². The van der Waals surface area contributed by atoms with Crippen molar-refractivity contribution in [1.82, 2.24) is 9.62 Å². The molecule has 0 unspecified atom stereocenters. The molecule has 3 rings (SSSR count). The van der Waals surface area contributed by atoms with Crippen LogP contribution in [0.5, 0.6) is 0 Å². The number of rotatable bonds is 6. The molecular formula is C19H21FN2O4S. The molecule has 1 N–H and O–H groups in total. The summed E-state index contributed by atoms with van der Waals surface area (Å²) in [5.41, 5.74) is 0.806. The topological polar surface area (TPSA) is 75.7 Å². The van der Waals surface area contributed by atoms with Crippen LogP contribution < -0.4 is 4.72 Å². The molecule has 1 fully saturated rings. The highest BCUT2D eigenvalue weighted by Crippen LogP contribution is 2.16. The normalized spacial score (nSPS) is 16.1. The number of nitrogens with zero attached hydrogens (tertiary/aromatic N) is 1. The van der Waals surface area contributed by atoms with Crippen molar-refractivity contribution in [2.75, 3.05) is 26.3 Å². The van der Waals surface area contributed by atoms with Crippen LogP contribution in [0.2, 0.25) is 0 Å². The Balaban J connectivity index is 1.86. The number of ether oxygens (including phenoxy) is 1. The summed E-state index contributed by atoms with van der Waals surface area (Å²) in [4.78, 5) is 14.0. The van der Waals surface area contributed by atoms with Crippen LogP contribution >= 0.6 is 0 Å². The molecule has 0 aliphatic carbocycles. The summed E-state index contributed by atoms with van der Waals surface area (Å²) in [6.07, 6.45) is 0.171. The van der Waals surface area contributed by atoms with E-state index in [4.69, 9.17) is 4.74 Å². The molecule has 0 aromatic heterocycles. The third-order valence-electron chi connectivity index (χ3n) is 4.33. The molecule has 0 bridgehead atoms. The first-order chi connectivity index (χ1) is 13.0. The van der Waals surface area contributed by atoms with Crippen LogP contribution in [0.1, 0.15) is 5.56 Å². The van der Waals surface area contributed by atoms with Gasteiger partial charge in [0.1, 0.15) is 16.8 Å². The Labute approximate surface area is 158 Å². The maximum absolute atomic E-state index is 14.0. The number of nitrogens with one attached hydrogen (secondary N) is 1. The van der Waals surface area contributed by atoms with E-state index < -0.39 is 26.8 Å². The molecule has 8 heteroatoms. The number of sulfonamides is 1. The number of carbonyl (C=O) groups excluding carboxylic acids is 1. The Morgan fingerprint density at radius 2 is 1.70 bits per heavy atom. The summed E-state index contributed by atoms with van der Waals surface area (Å²) in [6, 6.07) is 13.2. The fourth-order valence-corrected chi connectivity index (χ4v) is 4.21. The van der Waals surface area contributed by atoms with E-state index in [0.29, 0.717) is 26.3 Å². The van der Waals surface area contributed by atoms with Gasteiger partial charge in [-0.2, -0.15) is 4.72 Å². The smallest absolute Gasteiger partial charge is 0.244 e. The molecule has 0 radical (unpaired) electrons. The van der Waals surface area contributed by atoms with Crippen molar-refractivity contribution in [3.05, 3.63) is 66.0 Å². The molecule has 1 atom stereocenters. The van der Waals surface area contributed by atoms with E-state index in [0.717, 1.165) is 11.6 Å². The van der Waals surface area contributed by atoms with Crippen LogP contribution in [-0.4, -0.2) is 51.6 Å². The van der Waals surface area contributed by atoms with Gasteiger partial charge in [0, 0.05) is 13.1 Å². The van der Waals surface area contributed by atoms with E-state index in [1.165, 1.54) is 18.2 Å². The van der Waals surface area contributed by atoms with Gasteiger partial charge in [0.05, 0.1) is 13.2 Å². The Hall–Kier alpha value is -2.29. The van der Waals surface area contributed by atoms with E-state index in [2.05, 4.69) is 4.72 Å². The van der Waals surface area contributed by atoms with Gasteiger partial charge in [0.2, 0.25) is 15.9 Å². The molecule has 1 aliphatic rings. The lowest BCUT2D eigenvalue weighted by molar-refractivity contribution is -0.137. The van der Waals surface area contributed by atoms with Crippen molar-refractivity contribution in [2.24, 2.45) is 0 Å². The summed E-state index contributed by atoms with van der Waals surface area (Å²) in [5.74, 6) is -1.20. The first-order valence-corrected chi connectivity index (χ1v) is 10.1. The lowest BCUT2D eigenvalue weighted by atomic mass is 10.1. The number of amides is 1. The van der Waals surface area contributed by atoms with Crippen molar-refractivity contribution < 1.29 is 22.3 Å². The Morgan fingerprint density at radius 1 is 1.07 bits per heavy atom. The second kappa shape index (κ2) is 8.60. The summed E-state index contributed by atoms with van der Waals surface area (Å²) < 4.78 is 47.0. The zero-order chi connectivity index (χ0) is 19.3. The maximum atomic E-state index is 14.0. The predicted molar refractivity (Wildman–Crippen MR) is 98.1 cm³/mol. The molecule has 1 aliphatic heterocycles.